The number of hydrogen-bond acceptors (Lipinski definition) is 5. The van der Waals surface area contributed by atoms with E-state index in [0.29, 0.717) is 13.1 Å². The molecule has 1 aliphatic carbocycles. The molecule has 1 atom stereocenters. The molecule has 1 saturated heterocycles. The van der Waals surface area contributed by atoms with E-state index in [1.807, 2.05) is 0 Å². The minimum atomic E-state index is -3.65. The van der Waals surface area contributed by atoms with Gasteiger partial charge in [0.2, 0.25) is 10.0 Å². The first-order valence-corrected chi connectivity index (χ1v) is 12.4. The fraction of sp³-hybridized carbons (Fsp3) is 0.619. The third-order valence-corrected chi connectivity index (χ3v) is 7.97. The summed E-state index contributed by atoms with van der Waals surface area (Å²) in [6, 6.07) is 4.25. The van der Waals surface area contributed by atoms with Crippen molar-refractivity contribution in [1.29, 1.82) is 0 Å². The highest BCUT2D eigenvalue weighted by Gasteiger charge is 2.28. The van der Waals surface area contributed by atoms with Crippen LogP contribution < -0.4 is 5.32 Å². The normalized spacial score (nSPS) is 19.8. The molecule has 0 spiro atoms. The lowest BCUT2D eigenvalue weighted by Crippen LogP contribution is -2.35. The van der Waals surface area contributed by atoms with Crippen LogP contribution in [-0.2, 0) is 24.3 Å². The minimum absolute atomic E-state index is 0.0796. The lowest BCUT2D eigenvalue weighted by molar-refractivity contribution is -0.158. The summed E-state index contributed by atoms with van der Waals surface area (Å²) in [5.74, 6) is -1.06. The number of halogens is 1. The highest BCUT2D eigenvalue weighted by molar-refractivity contribution is 7.89. The number of benzene rings is 1. The van der Waals surface area contributed by atoms with Gasteiger partial charge in [0.25, 0.3) is 5.91 Å². The Bertz CT molecular complexity index is 877. The molecule has 1 heterocycles. The molecule has 2 aliphatic rings. The third kappa shape index (κ3) is 5.53. The highest BCUT2D eigenvalue weighted by atomic mass is 35.5. The van der Waals surface area contributed by atoms with E-state index in [1.165, 1.54) is 29.4 Å². The number of piperidine rings is 1. The Balaban J connectivity index is 1.67. The molecule has 2 fully saturated rings. The number of amides is 1. The largest absolute Gasteiger partial charge is 0.452 e. The maximum absolute atomic E-state index is 12.9. The molecule has 166 valence electrons. The molecular weight excluding hydrogens is 428 g/mol. The van der Waals surface area contributed by atoms with Crippen LogP contribution in [0.5, 0.6) is 0 Å². The van der Waals surface area contributed by atoms with Crippen LogP contribution in [0.4, 0.5) is 5.69 Å². The average molecular weight is 457 g/mol. The van der Waals surface area contributed by atoms with Crippen LogP contribution >= 0.6 is 11.6 Å². The molecule has 0 bridgehead atoms. The Morgan fingerprint density at radius 1 is 1.10 bits per heavy atom. The Hall–Kier alpha value is -1.64. The van der Waals surface area contributed by atoms with Gasteiger partial charge in [0.1, 0.15) is 0 Å². The summed E-state index contributed by atoms with van der Waals surface area (Å²) >= 11 is 6.18. The van der Waals surface area contributed by atoms with Gasteiger partial charge in [-0.2, -0.15) is 4.31 Å². The number of nitrogens with one attached hydrogen (secondary N) is 1. The minimum Gasteiger partial charge on any atom is -0.452 e. The van der Waals surface area contributed by atoms with Crippen LogP contribution in [-0.4, -0.2) is 43.8 Å². The van der Waals surface area contributed by atoms with E-state index in [2.05, 4.69) is 5.32 Å². The van der Waals surface area contributed by atoms with Gasteiger partial charge in [-0.25, -0.2) is 8.42 Å². The number of ether oxygens (including phenoxy) is 1. The Kier molecular flexibility index (Phi) is 7.76. The van der Waals surface area contributed by atoms with Crippen LogP contribution in [0.25, 0.3) is 0 Å². The lowest BCUT2D eigenvalue weighted by Gasteiger charge is -2.26. The van der Waals surface area contributed by atoms with Gasteiger partial charge in [0.15, 0.2) is 6.10 Å². The number of hydrogen-bond donors (Lipinski definition) is 1. The SMILES string of the molecule is CC(OC(=O)C1CCCCC1)C(=O)Nc1cc(S(=O)(=O)N2CCCCC2)ccc1Cl. The predicted molar refractivity (Wildman–Crippen MR) is 115 cm³/mol. The lowest BCUT2D eigenvalue weighted by atomic mass is 9.89. The zero-order valence-electron chi connectivity index (χ0n) is 17.2. The molecule has 1 aromatic carbocycles. The molecule has 1 unspecified atom stereocenters. The van der Waals surface area contributed by atoms with Crippen LogP contribution in [0.2, 0.25) is 5.02 Å². The molecule has 0 radical (unpaired) electrons. The number of sulfonamides is 1. The van der Waals surface area contributed by atoms with E-state index in [1.54, 1.807) is 0 Å². The van der Waals surface area contributed by atoms with E-state index >= 15 is 0 Å². The van der Waals surface area contributed by atoms with E-state index in [0.717, 1.165) is 51.4 Å². The first-order chi connectivity index (χ1) is 14.3. The molecule has 1 saturated carbocycles. The van der Waals surface area contributed by atoms with Gasteiger partial charge in [0.05, 0.1) is 21.5 Å². The fourth-order valence-corrected chi connectivity index (χ4v) is 5.62. The fourth-order valence-electron chi connectivity index (χ4n) is 3.91. The van der Waals surface area contributed by atoms with Gasteiger partial charge in [-0.05, 0) is 50.8 Å². The predicted octanol–water partition coefficient (Wildman–Crippen LogP) is 3.97. The Morgan fingerprint density at radius 3 is 2.40 bits per heavy atom. The van der Waals surface area contributed by atoms with Crippen molar-refractivity contribution in [2.75, 3.05) is 18.4 Å². The van der Waals surface area contributed by atoms with E-state index in [4.69, 9.17) is 16.3 Å². The van der Waals surface area contributed by atoms with Gasteiger partial charge in [0, 0.05) is 13.1 Å². The van der Waals surface area contributed by atoms with Crippen molar-refractivity contribution in [3.8, 4) is 0 Å². The van der Waals surface area contributed by atoms with Gasteiger partial charge in [-0.1, -0.05) is 37.3 Å². The van der Waals surface area contributed by atoms with Gasteiger partial charge >= 0.3 is 5.97 Å². The highest BCUT2D eigenvalue weighted by Crippen LogP contribution is 2.29. The molecule has 3 rings (SSSR count). The standard InChI is InChI=1S/C21H29ClN2O5S/c1-15(29-21(26)16-8-4-2-5-9-16)20(25)23-19-14-17(10-11-18(19)22)30(27,28)24-12-6-3-7-13-24/h10-11,14-16H,2-9,12-13H2,1H3,(H,23,25). The number of nitrogens with zero attached hydrogens (tertiary/aromatic N) is 1. The Labute approximate surface area is 183 Å². The summed E-state index contributed by atoms with van der Waals surface area (Å²) in [6.07, 6.45) is 6.37. The molecule has 1 amide bonds. The zero-order chi connectivity index (χ0) is 21.7. The maximum atomic E-state index is 12.9. The molecule has 30 heavy (non-hydrogen) atoms. The van der Waals surface area contributed by atoms with Gasteiger partial charge in [-0.15, -0.1) is 0 Å². The van der Waals surface area contributed by atoms with Gasteiger partial charge in [-0.3, -0.25) is 9.59 Å². The second kappa shape index (κ2) is 10.1. The van der Waals surface area contributed by atoms with E-state index in [-0.39, 0.29) is 27.5 Å². The van der Waals surface area contributed by atoms with Crippen molar-refractivity contribution >= 4 is 39.2 Å². The van der Waals surface area contributed by atoms with Crippen molar-refractivity contribution < 1.29 is 22.7 Å². The van der Waals surface area contributed by atoms with Crippen LogP contribution in [0.1, 0.15) is 58.3 Å². The average Bonchev–Trinajstić information content (AvgIpc) is 2.76. The van der Waals surface area contributed by atoms with Crippen LogP contribution in [0, 0.1) is 5.92 Å². The summed E-state index contributed by atoms with van der Waals surface area (Å²) in [4.78, 5) is 24.9. The van der Waals surface area contributed by atoms with Crippen molar-refractivity contribution in [3.63, 3.8) is 0 Å². The van der Waals surface area contributed by atoms with Crippen LogP contribution in [0.3, 0.4) is 0 Å². The summed E-state index contributed by atoms with van der Waals surface area (Å²) < 4.78 is 32.6. The van der Waals surface area contributed by atoms with Gasteiger partial charge < -0.3 is 10.1 Å². The molecule has 7 nitrogen and oxygen atoms in total. The van der Waals surface area contributed by atoms with Crippen molar-refractivity contribution in [1.82, 2.24) is 4.31 Å². The monoisotopic (exact) mass is 456 g/mol. The maximum Gasteiger partial charge on any atom is 0.309 e. The van der Waals surface area contributed by atoms with Crippen molar-refractivity contribution in [2.45, 2.75) is 69.3 Å². The number of carbonyl (C=O) groups is 2. The molecule has 1 N–H and O–H groups in total. The second-order valence-corrected chi connectivity index (χ2v) is 10.4. The quantitative estimate of drug-likeness (QED) is 0.654. The first-order valence-electron chi connectivity index (χ1n) is 10.6. The summed E-state index contributed by atoms with van der Waals surface area (Å²) in [5, 5.41) is 2.82. The molecular formula is C21H29ClN2O5S. The topological polar surface area (TPSA) is 92.8 Å². The van der Waals surface area contributed by atoms with Crippen molar-refractivity contribution in [3.05, 3.63) is 23.2 Å². The summed E-state index contributed by atoms with van der Waals surface area (Å²) in [7, 11) is -3.65. The molecule has 0 aromatic heterocycles. The zero-order valence-corrected chi connectivity index (χ0v) is 18.8. The third-order valence-electron chi connectivity index (χ3n) is 5.75. The molecule has 1 aromatic rings. The number of esters is 1. The molecule has 9 heteroatoms. The second-order valence-electron chi connectivity index (χ2n) is 8.01. The van der Waals surface area contributed by atoms with E-state index < -0.39 is 22.0 Å². The first kappa shape index (κ1) is 23.0. The summed E-state index contributed by atoms with van der Waals surface area (Å²) in [5.41, 5.74) is 0.181. The summed E-state index contributed by atoms with van der Waals surface area (Å²) in [6.45, 7) is 2.47. The number of rotatable bonds is 6. The molecule has 1 aliphatic heterocycles. The van der Waals surface area contributed by atoms with E-state index in [9.17, 15) is 18.0 Å². The number of anilines is 1. The smallest absolute Gasteiger partial charge is 0.309 e. The Morgan fingerprint density at radius 2 is 1.73 bits per heavy atom. The van der Waals surface area contributed by atoms with Crippen molar-refractivity contribution in [2.24, 2.45) is 5.92 Å². The number of carbonyl (C=O) groups excluding carboxylic acids is 2. The van der Waals surface area contributed by atoms with Crippen LogP contribution in [0.15, 0.2) is 23.1 Å².